The number of ether oxygens (including phenoxy) is 2. The summed E-state index contributed by atoms with van der Waals surface area (Å²) < 4.78 is 43.3. The van der Waals surface area contributed by atoms with Crippen molar-refractivity contribution in [3.05, 3.63) is 83.3 Å². The fraction of sp³-hybridized carbons (Fsp3) is 0.269. The van der Waals surface area contributed by atoms with Crippen molar-refractivity contribution < 1.29 is 37.1 Å². The van der Waals surface area contributed by atoms with Gasteiger partial charge in [0.2, 0.25) is 5.76 Å². The van der Waals surface area contributed by atoms with Crippen molar-refractivity contribution in [2.75, 3.05) is 37.7 Å². The van der Waals surface area contributed by atoms with Crippen LogP contribution in [-0.2, 0) is 16.1 Å². The molecule has 2 heterocycles. The van der Waals surface area contributed by atoms with E-state index in [1.54, 1.807) is 23.1 Å². The highest BCUT2D eigenvalue weighted by Gasteiger charge is 2.24. The Morgan fingerprint density at radius 3 is 2.33 bits per heavy atom. The standard InChI is InChI=1S/C26H24F2N2O6/c1-17(31)18-2-8-23(22(28)14-18)29-10-12-30(13-11-29)25(32)16-35-26(33)24-9-7-21(36-24)15-34-20-5-3-19(27)4-6-20/h2-9,14H,10-13,15-16H2,1H3. The van der Waals surface area contributed by atoms with Crippen LogP contribution in [0.5, 0.6) is 5.75 Å². The molecule has 0 aliphatic carbocycles. The van der Waals surface area contributed by atoms with E-state index in [2.05, 4.69) is 0 Å². The summed E-state index contributed by atoms with van der Waals surface area (Å²) in [5, 5.41) is 0. The predicted molar refractivity (Wildman–Crippen MR) is 125 cm³/mol. The number of nitrogens with zero attached hydrogens (tertiary/aromatic N) is 2. The maximum Gasteiger partial charge on any atom is 0.374 e. The summed E-state index contributed by atoms with van der Waals surface area (Å²) in [7, 11) is 0. The molecule has 36 heavy (non-hydrogen) atoms. The van der Waals surface area contributed by atoms with Gasteiger partial charge in [0.15, 0.2) is 12.4 Å². The van der Waals surface area contributed by atoms with Crippen LogP contribution in [0, 0.1) is 11.6 Å². The maximum atomic E-state index is 14.4. The van der Waals surface area contributed by atoms with Crippen LogP contribution >= 0.6 is 0 Å². The van der Waals surface area contributed by atoms with Crippen LogP contribution in [-0.4, -0.2) is 55.3 Å². The zero-order valence-corrected chi connectivity index (χ0v) is 19.5. The number of hydrogen-bond donors (Lipinski definition) is 0. The Bertz CT molecular complexity index is 1250. The maximum absolute atomic E-state index is 14.4. The highest BCUT2D eigenvalue weighted by atomic mass is 19.1. The van der Waals surface area contributed by atoms with Gasteiger partial charge in [-0.25, -0.2) is 13.6 Å². The molecule has 0 radical (unpaired) electrons. The van der Waals surface area contributed by atoms with Gasteiger partial charge in [-0.2, -0.15) is 0 Å². The fourth-order valence-corrected chi connectivity index (χ4v) is 3.72. The van der Waals surface area contributed by atoms with E-state index in [1.807, 2.05) is 0 Å². The van der Waals surface area contributed by atoms with Crippen molar-refractivity contribution in [2.24, 2.45) is 0 Å². The first-order valence-corrected chi connectivity index (χ1v) is 11.3. The average Bonchev–Trinajstić information content (AvgIpc) is 3.36. The SMILES string of the molecule is CC(=O)c1ccc(N2CCN(C(=O)COC(=O)c3ccc(COc4ccc(F)cc4)o3)CC2)c(F)c1. The van der Waals surface area contributed by atoms with E-state index in [1.165, 1.54) is 48.2 Å². The lowest BCUT2D eigenvalue weighted by Gasteiger charge is -2.36. The normalized spacial score (nSPS) is 13.4. The number of ketones is 1. The Balaban J connectivity index is 1.22. The molecule has 0 bridgehead atoms. The molecule has 1 fully saturated rings. The van der Waals surface area contributed by atoms with Crippen LogP contribution in [0.2, 0.25) is 0 Å². The van der Waals surface area contributed by atoms with Crippen LogP contribution < -0.4 is 9.64 Å². The number of hydrogen-bond acceptors (Lipinski definition) is 7. The van der Waals surface area contributed by atoms with E-state index in [-0.39, 0.29) is 29.9 Å². The first kappa shape index (κ1) is 24.9. The van der Waals surface area contributed by atoms with Crippen LogP contribution in [0.15, 0.2) is 59.0 Å². The third-order valence-corrected chi connectivity index (χ3v) is 5.71. The van der Waals surface area contributed by atoms with Crippen molar-refractivity contribution in [2.45, 2.75) is 13.5 Å². The predicted octanol–water partition coefficient (Wildman–Crippen LogP) is 3.85. The second-order valence-electron chi connectivity index (χ2n) is 8.17. The van der Waals surface area contributed by atoms with Gasteiger partial charge in [-0.3, -0.25) is 9.59 Å². The minimum absolute atomic E-state index is 0.0280. The van der Waals surface area contributed by atoms with Crippen LogP contribution in [0.25, 0.3) is 0 Å². The summed E-state index contributed by atoms with van der Waals surface area (Å²) in [4.78, 5) is 39.5. The van der Waals surface area contributed by atoms with E-state index in [4.69, 9.17) is 13.9 Å². The topological polar surface area (TPSA) is 89.3 Å². The number of amides is 1. The Kier molecular flexibility index (Phi) is 7.62. The van der Waals surface area contributed by atoms with E-state index < -0.39 is 18.4 Å². The summed E-state index contributed by atoms with van der Waals surface area (Å²) in [5.41, 5.74) is 0.673. The van der Waals surface area contributed by atoms with Gasteiger partial charge < -0.3 is 23.7 Å². The lowest BCUT2D eigenvalue weighted by molar-refractivity contribution is -0.134. The third kappa shape index (κ3) is 6.07. The molecule has 1 aliphatic heterocycles. The highest BCUT2D eigenvalue weighted by Crippen LogP contribution is 2.22. The Labute approximate surface area is 206 Å². The summed E-state index contributed by atoms with van der Waals surface area (Å²) in [6, 6.07) is 12.8. The summed E-state index contributed by atoms with van der Waals surface area (Å²) in [6.45, 7) is 2.40. The van der Waals surface area contributed by atoms with Gasteiger partial charge in [0.25, 0.3) is 5.91 Å². The summed E-state index contributed by atoms with van der Waals surface area (Å²) >= 11 is 0. The molecule has 8 nitrogen and oxygen atoms in total. The smallest absolute Gasteiger partial charge is 0.374 e. The van der Waals surface area contributed by atoms with Crippen molar-refractivity contribution >= 4 is 23.3 Å². The average molecular weight is 498 g/mol. The largest absolute Gasteiger partial charge is 0.486 e. The fourth-order valence-electron chi connectivity index (χ4n) is 3.72. The molecule has 0 spiro atoms. The Morgan fingerprint density at radius 2 is 1.67 bits per heavy atom. The number of Topliss-reactive ketones (excluding diaryl/α,β-unsaturated/α-hetero) is 1. The minimum Gasteiger partial charge on any atom is -0.486 e. The molecular weight excluding hydrogens is 474 g/mol. The van der Waals surface area contributed by atoms with Gasteiger partial charge in [-0.15, -0.1) is 0 Å². The van der Waals surface area contributed by atoms with Crippen LogP contribution in [0.1, 0.15) is 33.6 Å². The van der Waals surface area contributed by atoms with Gasteiger partial charge in [-0.05, 0) is 61.5 Å². The minimum atomic E-state index is -0.789. The number of piperazine rings is 1. The number of carbonyl (C=O) groups is 3. The molecule has 1 aromatic heterocycles. The van der Waals surface area contributed by atoms with Crippen molar-refractivity contribution in [1.29, 1.82) is 0 Å². The molecule has 10 heteroatoms. The first-order valence-electron chi connectivity index (χ1n) is 11.3. The molecule has 188 valence electrons. The number of esters is 1. The second-order valence-corrected chi connectivity index (χ2v) is 8.17. The van der Waals surface area contributed by atoms with Gasteiger partial charge in [0.1, 0.15) is 29.8 Å². The second kappa shape index (κ2) is 11.0. The van der Waals surface area contributed by atoms with Crippen molar-refractivity contribution in [3.8, 4) is 5.75 Å². The van der Waals surface area contributed by atoms with Crippen LogP contribution in [0.3, 0.4) is 0 Å². The molecule has 0 saturated carbocycles. The highest BCUT2D eigenvalue weighted by molar-refractivity contribution is 5.94. The van der Waals surface area contributed by atoms with Gasteiger partial charge in [-0.1, -0.05) is 0 Å². The van der Waals surface area contributed by atoms with E-state index in [9.17, 15) is 23.2 Å². The van der Waals surface area contributed by atoms with E-state index in [0.717, 1.165) is 0 Å². The number of rotatable bonds is 8. The van der Waals surface area contributed by atoms with Crippen molar-refractivity contribution in [1.82, 2.24) is 4.90 Å². The van der Waals surface area contributed by atoms with Crippen molar-refractivity contribution in [3.63, 3.8) is 0 Å². The van der Waals surface area contributed by atoms with E-state index >= 15 is 0 Å². The number of benzene rings is 2. The summed E-state index contributed by atoms with van der Waals surface area (Å²) in [5.74, 6) is -1.52. The zero-order chi connectivity index (χ0) is 25.7. The number of anilines is 1. The molecular formula is C26H24F2N2O6. The van der Waals surface area contributed by atoms with Crippen LogP contribution in [0.4, 0.5) is 14.5 Å². The molecule has 2 aromatic carbocycles. The first-order chi connectivity index (χ1) is 17.3. The third-order valence-electron chi connectivity index (χ3n) is 5.71. The lowest BCUT2D eigenvalue weighted by atomic mass is 10.1. The molecule has 0 unspecified atom stereocenters. The van der Waals surface area contributed by atoms with E-state index in [0.29, 0.717) is 48.9 Å². The zero-order valence-electron chi connectivity index (χ0n) is 19.5. The Hall–Kier alpha value is -4.21. The van der Waals surface area contributed by atoms with Gasteiger partial charge in [0, 0.05) is 31.7 Å². The lowest BCUT2D eigenvalue weighted by Crippen LogP contribution is -2.50. The van der Waals surface area contributed by atoms with Gasteiger partial charge >= 0.3 is 5.97 Å². The number of halogens is 2. The summed E-state index contributed by atoms with van der Waals surface area (Å²) in [6.07, 6.45) is 0. The molecule has 3 aromatic rings. The number of furan rings is 1. The molecule has 0 atom stereocenters. The Morgan fingerprint density at radius 1 is 0.944 bits per heavy atom. The quantitative estimate of drug-likeness (QED) is 0.344. The molecule has 4 rings (SSSR count). The molecule has 1 aliphatic rings. The molecule has 1 saturated heterocycles. The number of carbonyl (C=O) groups excluding carboxylic acids is 3. The molecule has 0 N–H and O–H groups in total. The van der Waals surface area contributed by atoms with Gasteiger partial charge in [0.05, 0.1) is 5.69 Å². The molecule has 1 amide bonds. The monoisotopic (exact) mass is 498 g/mol.